The molecule has 0 unspecified atom stereocenters. The van der Waals surface area contributed by atoms with E-state index in [-0.39, 0.29) is 0 Å². The predicted octanol–water partition coefficient (Wildman–Crippen LogP) is 3.34. The van der Waals surface area contributed by atoms with Gasteiger partial charge >= 0.3 is 0 Å². The lowest BCUT2D eigenvalue weighted by Gasteiger charge is -1.99. The predicted molar refractivity (Wildman–Crippen MR) is 66.0 cm³/mol. The topological polar surface area (TPSA) is 35.0 Å². The number of benzene rings is 1. The van der Waals surface area contributed by atoms with Crippen LogP contribution < -0.4 is 4.74 Å². The molecule has 0 radical (unpaired) electrons. The molecule has 2 rings (SSSR count). The zero-order chi connectivity index (χ0) is 11.5. The Balaban J connectivity index is 2.28. The third-order valence-electron chi connectivity index (χ3n) is 2.27. The SMILES string of the molecule is COc1ccc(-c2nnc(C(C)C)s2)cc1. The van der Waals surface area contributed by atoms with Crippen LogP contribution in [-0.2, 0) is 0 Å². The molecule has 0 N–H and O–H groups in total. The smallest absolute Gasteiger partial charge is 0.147 e. The van der Waals surface area contributed by atoms with Gasteiger partial charge in [-0.1, -0.05) is 25.2 Å². The first kappa shape index (κ1) is 11.1. The highest BCUT2D eigenvalue weighted by molar-refractivity contribution is 7.14. The first-order chi connectivity index (χ1) is 7.70. The van der Waals surface area contributed by atoms with Crippen molar-refractivity contribution in [2.24, 2.45) is 0 Å². The lowest BCUT2D eigenvalue weighted by atomic mass is 10.2. The molecular weight excluding hydrogens is 220 g/mol. The largest absolute Gasteiger partial charge is 0.497 e. The van der Waals surface area contributed by atoms with Crippen molar-refractivity contribution < 1.29 is 4.74 Å². The van der Waals surface area contributed by atoms with Crippen LogP contribution in [-0.4, -0.2) is 17.3 Å². The van der Waals surface area contributed by atoms with E-state index in [1.165, 1.54) is 0 Å². The van der Waals surface area contributed by atoms with Crippen LogP contribution in [0.25, 0.3) is 10.6 Å². The summed E-state index contributed by atoms with van der Waals surface area (Å²) < 4.78 is 5.12. The van der Waals surface area contributed by atoms with E-state index in [0.29, 0.717) is 5.92 Å². The summed E-state index contributed by atoms with van der Waals surface area (Å²) in [6.45, 7) is 4.25. The van der Waals surface area contributed by atoms with Crippen LogP contribution in [0.3, 0.4) is 0 Å². The van der Waals surface area contributed by atoms with Gasteiger partial charge in [-0.3, -0.25) is 0 Å². The van der Waals surface area contributed by atoms with Crippen molar-refractivity contribution in [2.45, 2.75) is 19.8 Å². The van der Waals surface area contributed by atoms with Crippen molar-refractivity contribution in [3.63, 3.8) is 0 Å². The number of rotatable bonds is 3. The standard InChI is InChI=1S/C12H14N2OS/c1-8(2)11-13-14-12(16-11)9-4-6-10(15-3)7-5-9/h4-8H,1-3H3. The normalized spacial score (nSPS) is 10.8. The van der Waals surface area contributed by atoms with Crippen molar-refractivity contribution in [3.05, 3.63) is 29.3 Å². The van der Waals surface area contributed by atoms with Crippen molar-refractivity contribution in [3.8, 4) is 16.3 Å². The van der Waals surface area contributed by atoms with Gasteiger partial charge in [0.2, 0.25) is 0 Å². The Kier molecular flexibility index (Phi) is 3.19. The average Bonchev–Trinajstić information content (AvgIpc) is 2.78. The zero-order valence-corrected chi connectivity index (χ0v) is 10.4. The van der Waals surface area contributed by atoms with Crippen LogP contribution in [0, 0.1) is 0 Å². The molecule has 0 fully saturated rings. The van der Waals surface area contributed by atoms with Crippen molar-refractivity contribution >= 4 is 11.3 Å². The number of ether oxygens (including phenoxy) is 1. The fourth-order valence-electron chi connectivity index (χ4n) is 1.32. The number of hydrogen-bond donors (Lipinski definition) is 0. The third kappa shape index (κ3) is 2.22. The second-order valence-corrected chi connectivity index (χ2v) is 4.84. The molecular formula is C12H14N2OS. The summed E-state index contributed by atoms with van der Waals surface area (Å²) in [7, 11) is 1.66. The minimum absolute atomic E-state index is 0.435. The summed E-state index contributed by atoms with van der Waals surface area (Å²) in [5.41, 5.74) is 1.09. The summed E-state index contributed by atoms with van der Waals surface area (Å²) in [5.74, 6) is 1.29. The summed E-state index contributed by atoms with van der Waals surface area (Å²) in [5, 5.41) is 10.4. The summed E-state index contributed by atoms with van der Waals surface area (Å²) in [4.78, 5) is 0. The second kappa shape index (κ2) is 4.61. The highest BCUT2D eigenvalue weighted by Gasteiger charge is 2.09. The Labute approximate surface area is 99.1 Å². The molecule has 0 aliphatic carbocycles. The van der Waals surface area contributed by atoms with E-state index >= 15 is 0 Å². The Bertz CT molecular complexity index is 462. The van der Waals surface area contributed by atoms with E-state index < -0.39 is 0 Å². The Morgan fingerprint density at radius 1 is 1.12 bits per heavy atom. The monoisotopic (exact) mass is 234 g/mol. The minimum Gasteiger partial charge on any atom is -0.497 e. The fourth-order valence-corrected chi connectivity index (χ4v) is 2.17. The minimum atomic E-state index is 0.435. The van der Waals surface area contributed by atoms with Crippen molar-refractivity contribution in [2.75, 3.05) is 7.11 Å². The van der Waals surface area contributed by atoms with Crippen molar-refractivity contribution in [1.82, 2.24) is 10.2 Å². The molecule has 1 aromatic carbocycles. The van der Waals surface area contributed by atoms with Gasteiger partial charge in [0.15, 0.2) is 0 Å². The van der Waals surface area contributed by atoms with Gasteiger partial charge in [-0.15, -0.1) is 10.2 Å². The van der Waals surface area contributed by atoms with Crippen LogP contribution in [0.5, 0.6) is 5.75 Å². The molecule has 0 aliphatic rings. The maximum absolute atomic E-state index is 5.12. The molecule has 0 aliphatic heterocycles. The lowest BCUT2D eigenvalue weighted by Crippen LogP contribution is -1.84. The van der Waals surface area contributed by atoms with Gasteiger partial charge < -0.3 is 4.74 Å². The van der Waals surface area contributed by atoms with E-state index in [1.54, 1.807) is 18.4 Å². The molecule has 4 heteroatoms. The molecule has 16 heavy (non-hydrogen) atoms. The van der Waals surface area contributed by atoms with Crippen LogP contribution >= 0.6 is 11.3 Å². The molecule has 0 saturated heterocycles. The molecule has 0 saturated carbocycles. The van der Waals surface area contributed by atoms with Crippen LogP contribution in [0.15, 0.2) is 24.3 Å². The molecule has 0 spiro atoms. The quantitative estimate of drug-likeness (QED) is 0.817. The van der Waals surface area contributed by atoms with Gasteiger partial charge in [0, 0.05) is 11.5 Å². The summed E-state index contributed by atoms with van der Waals surface area (Å²) in [6.07, 6.45) is 0. The van der Waals surface area contributed by atoms with Gasteiger partial charge in [0.25, 0.3) is 0 Å². The number of hydrogen-bond acceptors (Lipinski definition) is 4. The lowest BCUT2D eigenvalue weighted by molar-refractivity contribution is 0.415. The first-order valence-electron chi connectivity index (χ1n) is 5.18. The van der Waals surface area contributed by atoms with Crippen LogP contribution in [0.1, 0.15) is 24.8 Å². The molecule has 2 aromatic rings. The Morgan fingerprint density at radius 2 is 1.81 bits per heavy atom. The number of nitrogens with zero attached hydrogens (tertiary/aromatic N) is 2. The van der Waals surface area contributed by atoms with Gasteiger partial charge in [-0.05, 0) is 24.3 Å². The number of aromatic nitrogens is 2. The molecule has 0 amide bonds. The highest BCUT2D eigenvalue weighted by Crippen LogP contribution is 2.28. The Morgan fingerprint density at radius 3 is 2.31 bits per heavy atom. The Hall–Kier alpha value is -1.42. The maximum Gasteiger partial charge on any atom is 0.147 e. The average molecular weight is 234 g/mol. The van der Waals surface area contributed by atoms with E-state index in [2.05, 4.69) is 24.0 Å². The van der Waals surface area contributed by atoms with Crippen molar-refractivity contribution in [1.29, 1.82) is 0 Å². The summed E-state index contributed by atoms with van der Waals surface area (Å²) >= 11 is 1.64. The second-order valence-electron chi connectivity index (χ2n) is 3.83. The summed E-state index contributed by atoms with van der Waals surface area (Å²) in [6, 6.07) is 7.88. The van der Waals surface area contributed by atoms with E-state index in [4.69, 9.17) is 4.74 Å². The first-order valence-corrected chi connectivity index (χ1v) is 6.00. The molecule has 3 nitrogen and oxygen atoms in total. The fraction of sp³-hybridized carbons (Fsp3) is 0.333. The van der Waals surface area contributed by atoms with E-state index in [9.17, 15) is 0 Å². The third-order valence-corrected chi connectivity index (χ3v) is 3.54. The van der Waals surface area contributed by atoms with Crippen LogP contribution in [0.2, 0.25) is 0 Å². The maximum atomic E-state index is 5.12. The van der Waals surface area contributed by atoms with E-state index in [0.717, 1.165) is 21.3 Å². The van der Waals surface area contributed by atoms with Gasteiger partial charge in [0.1, 0.15) is 15.8 Å². The molecule has 1 heterocycles. The van der Waals surface area contributed by atoms with Gasteiger partial charge in [-0.25, -0.2) is 0 Å². The highest BCUT2D eigenvalue weighted by atomic mass is 32.1. The van der Waals surface area contributed by atoms with Crippen LogP contribution in [0.4, 0.5) is 0 Å². The van der Waals surface area contributed by atoms with Gasteiger partial charge in [-0.2, -0.15) is 0 Å². The zero-order valence-electron chi connectivity index (χ0n) is 9.60. The molecule has 84 valence electrons. The molecule has 1 aromatic heterocycles. The number of methoxy groups -OCH3 is 1. The molecule has 0 bridgehead atoms. The molecule has 0 atom stereocenters. The van der Waals surface area contributed by atoms with Gasteiger partial charge in [0.05, 0.1) is 7.11 Å². The van der Waals surface area contributed by atoms with E-state index in [1.807, 2.05) is 24.3 Å².